The second-order valence-electron chi connectivity index (χ2n) is 9.17. The Hall–Kier alpha value is -3.93. The van der Waals surface area contributed by atoms with Gasteiger partial charge < -0.3 is 14.2 Å². The summed E-state index contributed by atoms with van der Waals surface area (Å²) in [6.07, 6.45) is 4.06. The van der Waals surface area contributed by atoms with Gasteiger partial charge in [-0.3, -0.25) is 14.6 Å². The lowest BCUT2D eigenvalue weighted by Gasteiger charge is -2.40. The van der Waals surface area contributed by atoms with Crippen molar-refractivity contribution in [1.82, 2.24) is 14.8 Å². The highest BCUT2D eigenvalue weighted by molar-refractivity contribution is 5.96. The number of furan rings is 1. The molecule has 6 heteroatoms. The van der Waals surface area contributed by atoms with Crippen molar-refractivity contribution in [1.29, 1.82) is 0 Å². The smallest absolute Gasteiger partial charge is 0.289 e. The van der Waals surface area contributed by atoms with Crippen LogP contribution in [-0.4, -0.2) is 52.8 Å². The Morgan fingerprint density at radius 2 is 1.71 bits per heavy atom. The first-order chi connectivity index (χ1) is 17.1. The van der Waals surface area contributed by atoms with Crippen LogP contribution in [0.4, 0.5) is 0 Å². The van der Waals surface area contributed by atoms with E-state index in [1.165, 1.54) is 5.56 Å². The number of nitrogens with zero attached hydrogens (tertiary/aromatic N) is 3. The summed E-state index contributed by atoms with van der Waals surface area (Å²) < 4.78 is 5.80. The van der Waals surface area contributed by atoms with Crippen molar-refractivity contribution < 1.29 is 14.0 Å². The number of piperidine rings is 1. The number of carbonyl (C=O) groups excluding carboxylic acids is 2. The molecule has 0 bridgehead atoms. The number of amides is 2. The lowest BCUT2D eigenvalue weighted by molar-refractivity contribution is 0.0506. The minimum atomic E-state index is -0.0766. The Bertz CT molecular complexity index is 1260. The molecule has 2 aromatic carbocycles. The molecule has 6 nitrogen and oxygen atoms in total. The third-order valence-electron chi connectivity index (χ3n) is 7.00. The van der Waals surface area contributed by atoms with Gasteiger partial charge in [0.1, 0.15) is 11.3 Å². The topological polar surface area (TPSA) is 66.7 Å². The summed E-state index contributed by atoms with van der Waals surface area (Å²) in [5.74, 6) is 0.505. The molecular formula is C29H29N3O3. The number of hydrogen-bond acceptors (Lipinski definition) is 4. The zero-order valence-electron chi connectivity index (χ0n) is 19.8. The first kappa shape index (κ1) is 22.8. The minimum absolute atomic E-state index is 0.00959. The zero-order valence-corrected chi connectivity index (χ0v) is 19.8. The molecule has 4 aromatic rings. The van der Waals surface area contributed by atoms with Gasteiger partial charge in [-0.25, -0.2) is 0 Å². The van der Waals surface area contributed by atoms with E-state index in [-0.39, 0.29) is 23.8 Å². The molecule has 0 saturated carbocycles. The average Bonchev–Trinajstić information content (AvgIpc) is 3.36. The molecule has 1 aliphatic heterocycles. The Balaban J connectivity index is 1.31. The van der Waals surface area contributed by atoms with Gasteiger partial charge in [-0.2, -0.15) is 0 Å². The molecule has 0 aliphatic carbocycles. The van der Waals surface area contributed by atoms with Gasteiger partial charge in [0.25, 0.3) is 11.8 Å². The fourth-order valence-corrected chi connectivity index (χ4v) is 5.03. The Morgan fingerprint density at radius 1 is 1.00 bits per heavy atom. The number of benzene rings is 2. The third kappa shape index (κ3) is 4.97. The highest BCUT2D eigenvalue weighted by Gasteiger charge is 2.34. The average molecular weight is 468 g/mol. The first-order valence-corrected chi connectivity index (χ1v) is 12.1. The molecule has 1 aliphatic rings. The van der Waals surface area contributed by atoms with Gasteiger partial charge in [0.05, 0.1) is 0 Å². The quantitative estimate of drug-likeness (QED) is 0.397. The Labute approximate surface area is 205 Å². The maximum atomic E-state index is 13.2. The SMILES string of the molecule is CN(C(=O)c1ccccn1)C(Cc1ccccc1)C1CCN(C(=O)c2cc3ccccc3o2)CC1. The van der Waals surface area contributed by atoms with Gasteiger partial charge in [-0.1, -0.05) is 54.6 Å². The lowest BCUT2D eigenvalue weighted by atomic mass is 9.84. The summed E-state index contributed by atoms with van der Waals surface area (Å²) >= 11 is 0. The van der Waals surface area contributed by atoms with Crippen molar-refractivity contribution in [3.63, 3.8) is 0 Å². The normalized spacial score (nSPS) is 15.2. The maximum Gasteiger partial charge on any atom is 0.289 e. The number of carbonyl (C=O) groups is 2. The van der Waals surface area contributed by atoms with Crippen molar-refractivity contribution in [3.8, 4) is 0 Å². The van der Waals surface area contributed by atoms with E-state index in [1.54, 1.807) is 12.3 Å². The first-order valence-electron chi connectivity index (χ1n) is 12.1. The molecular weight excluding hydrogens is 438 g/mol. The van der Waals surface area contributed by atoms with E-state index in [0.29, 0.717) is 24.5 Å². The molecule has 0 N–H and O–H groups in total. The number of likely N-dealkylation sites (N-methyl/N-ethyl adjacent to an activating group) is 1. The molecule has 0 radical (unpaired) electrons. The molecule has 3 heterocycles. The monoisotopic (exact) mass is 467 g/mol. The summed E-state index contributed by atoms with van der Waals surface area (Å²) in [6, 6.07) is 25.2. The maximum absolute atomic E-state index is 13.2. The summed E-state index contributed by atoms with van der Waals surface area (Å²) in [4.78, 5) is 34.4. The molecule has 1 atom stereocenters. The second-order valence-corrected chi connectivity index (χ2v) is 9.17. The van der Waals surface area contributed by atoms with Gasteiger partial charge in [0.2, 0.25) is 0 Å². The highest BCUT2D eigenvalue weighted by atomic mass is 16.3. The van der Waals surface area contributed by atoms with E-state index in [1.807, 2.05) is 77.5 Å². The summed E-state index contributed by atoms with van der Waals surface area (Å²) in [5, 5.41) is 0.934. The predicted molar refractivity (Wildman–Crippen MR) is 135 cm³/mol. The third-order valence-corrected chi connectivity index (χ3v) is 7.00. The van der Waals surface area contributed by atoms with Crippen LogP contribution in [0.15, 0.2) is 89.5 Å². The number of pyridine rings is 1. The van der Waals surface area contributed by atoms with Crippen molar-refractivity contribution in [2.75, 3.05) is 20.1 Å². The number of aromatic nitrogens is 1. The van der Waals surface area contributed by atoms with Crippen molar-refractivity contribution in [3.05, 3.63) is 102 Å². The van der Waals surface area contributed by atoms with Gasteiger partial charge in [0.15, 0.2) is 5.76 Å². The van der Waals surface area contributed by atoms with Crippen LogP contribution in [0.5, 0.6) is 0 Å². The largest absolute Gasteiger partial charge is 0.451 e. The molecule has 1 unspecified atom stereocenters. The summed E-state index contributed by atoms with van der Waals surface area (Å²) in [5.41, 5.74) is 2.37. The molecule has 5 rings (SSSR count). The molecule has 1 fully saturated rings. The van der Waals surface area contributed by atoms with Gasteiger partial charge in [-0.15, -0.1) is 0 Å². The zero-order chi connectivity index (χ0) is 24.2. The van der Waals surface area contributed by atoms with E-state index >= 15 is 0 Å². The molecule has 35 heavy (non-hydrogen) atoms. The molecule has 2 amide bonds. The highest BCUT2D eigenvalue weighted by Crippen LogP contribution is 2.29. The van der Waals surface area contributed by atoms with Crippen molar-refractivity contribution >= 4 is 22.8 Å². The van der Waals surface area contributed by atoms with Crippen LogP contribution >= 0.6 is 0 Å². The second kappa shape index (κ2) is 10.1. The number of rotatable bonds is 6. The van der Waals surface area contributed by atoms with Crippen LogP contribution in [0.3, 0.4) is 0 Å². The fraction of sp³-hybridized carbons (Fsp3) is 0.276. The number of hydrogen-bond donors (Lipinski definition) is 0. The van der Waals surface area contributed by atoms with Gasteiger partial charge >= 0.3 is 0 Å². The molecule has 1 saturated heterocycles. The molecule has 0 spiro atoms. The Morgan fingerprint density at radius 3 is 2.43 bits per heavy atom. The van der Waals surface area contributed by atoms with Gasteiger partial charge in [-0.05, 0) is 55.0 Å². The van der Waals surface area contributed by atoms with Crippen LogP contribution < -0.4 is 0 Å². The van der Waals surface area contributed by atoms with Crippen molar-refractivity contribution in [2.45, 2.75) is 25.3 Å². The van der Waals surface area contributed by atoms with Crippen LogP contribution in [0.2, 0.25) is 0 Å². The Kier molecular flexibility index (Phi) is 6.62. The fourth-order valence-electron chi connectivity index (χ4n) is 5.03. The van der Waals surface area contributed by atoms with Crippen LogP contribution in [0, 0.1) is 5.92 Å². The minimum Gasteiger partial charge on any atom is -0.451 e. The van der Waals surface area contributed by atoms with Crippen molar-refractivity contribution in [2.24, 2.45) is 5.92 Å². The van der Waals surface area contributed by atoms with E-state index in [4.69, 9.17) is 4.42 Å². The molecule has 2 aromatic heterocycles. The number of para-hydroxylation sites is 1. The van der Waals surface area contributed by atoms with E-state index < -0.39 is 0 Å². The van der Waals surface area contributed by atoms with E-state index in [9.17, 15) is 9.59 Å². The predicted octanol–water partition coefficient (Wildman–Crippen LogP) is 5.06. The summed E-state index contributed by atoms with van der Waals surface area (Å²) in [7, 11) is 1.87. The lowest BCUT2D eigenvalue weighted by Crippen LogP contribution is -2.48. The van der Waals surface area contributed by atoms with Gasteiger partial charge in [0, 0.05) is 37.8 Å². The van der Waals surface area contributed by atoms with E-state index in [0.717, 1.165) is 30.2 Å². The van der Waals surface area contributed by atoms with Crippen LogP contribution in [0.1, 0.15) is 39.4 Å². The van der Waals surface area contributed by atoms with Crippen LogP contribution in [0.25, 0.3) is 11.0 Å². The van der Waals surface area contributed by atoms with Crippen LogP contribution in [-0.2, 0) is 6.42 Å². The number of likely N-dealkylation sites (tertiary alicyclic amines) is 1. The number of fused-ring (bicyclic) bond motifs is 1. The standard InChI is InChI=1S/C29H29N3O3/c1-31(28(33)24-12-7-8-16-30-24)25(19-21-9-3-2-4-10-21)22-14-17-32(18-15-22)29(34)27-20-23-11-5-6-13-26(23)35-27/h2-13,16,20,22,25H,14-15,17-19H2,1H3. The molecule has 178 valence electrons. The summed E-state index contributed by atoms with van der Waals surface area (Å²) in [6.45, 7) is 1.27. The van der Waals surface area contributed by atoms with E-state index in [2.05, 4.69) is 17.1 Å².